The summed E-state index contributed by atoms with van der Waals surface area (Å²) in [5.74, 6) is 1.43. The summed E-state index contributed by atoms with van der Waals surface area (Å²) in [5, 5.41) is 17.4. The molecule has 0 aliphatic heterocycles. The first-order valence-electron chi connectivity index (χ1n) is 7.62. The van der Waals surface area contributed by atoms with Crippen LogP contribution in [0.3, 0.4) is 0 Å². The van der Waals surface area contributed by atoms with Crippen LogP contribution in [0, 0.1) is 0 Å². The second kappa shape index (κ2) is 8.11. The molecular weight excluding hydrogens is 294 g/mol. The summed E-state index contributed by atoms with van der Waals surface area (Å²) in [6.07, 6.45) is 2.31. The summed E-state index contributed by atoms with van der Waals surface area (Å²) < 4.78 is 1.91. The normalized spacial score (nSPS) is 11.7. The van der Waals surface area contributed by atoms with Crippen LogP contribution in [0.15, 0.2) is 29.4 Å². The second-order valence-electron chi connectivity index (χ2n) is 5.37. The number of pyridine rings is 1. The number of nitrogens with one attached hydrogen (secondary N) is 3. The van der Waals surface area contributed by atoms with Crippen molar-refractivity contribution >= 4 is 17.5 Å². The fourth-order valence-electron chi connectivity index (χ4n) is 2.08. The number of carbonyl (C=O) groups is 1. The Balaban J connectivity index is 1.80. The van der Waals surface area contributed by atoms with Crippen molar-refractivity contribution in [2.24, 2.45) is 4.99 Å². The number of guanidine groups is 1. The summed E-state index contributed by atoms with van der Waals surface area (Å²) in [6, 6.07) is 5.90. The molecule has 2 aromatic heterocycles. The molecule has 23 heavy (non-hydrogen) atoms. The maximum atomic E-state index is 11.6. The lowest BCUT2D eigenvalue weighted by Gasteiger charge is -2.12. The molecular formula is C15H23N7O. The summed E-state index contributed by atoms with van der Waals surface area (Å²) in [5.41, 5.74) is 0.803. The largest absolute Gasteiger partial charge is 0.356 e. The summed E-state index contributed by atoms with van der Waals surface area (Å²) in [7, 11) is 1.69. The number of carbonyl (C=O) groups excluding carboxylic acids is 1. The minimum absolute atomic E-state index is 0.0198. The lowest BCUT2D eigenvalue weighted by molar-refractivity contribution is -0.121. The van der Waals surface area contributed by atoms with Gasteiger partial charge in [0.1, 0.15) is 0 Å². The van der Waals surface area contributed by atoms with Crippen molar-refractivity contribution in [3.63, 3.8) is 0 Å². The highest BCUT2D eigenvalue weighted by molar-refractivity contribution is 5.81. The molecule has 0 spiro atoms. The Morgan fingerprint density at radius 3 is 2.87 bits per heavy atom. The van der Waals surface area contributed by atoms with E-state index in [2.05, 4.69) is 31.1 Å². The zero-order valence-electron chi connectivity index (χ0n) is 13.7. The first-order chi connectivity index (χ1) is 11.1. The lowest BCUT2D eigenvalue weighted by Crippen LogP contribution is -2.40. The molecule has 0 fully saturated rings. The van der Waals surface area contributed by atoms with Crippen molar-refractivity contribution in [3.8, 4) is 0 Å². The number of nitrogens with zero attached hydrogens (tertiary/aromatic N) is 4. The molecule has 0 aliphatic rings. The SMILES string of the molecule is CN=C(NCCC(=O)NC(C)C)NCc1nnc2ccccn12. The molecule has 0 atom stereocenters. The number of aliphatic imine (C=N–C) groups is 1. The Morgan fingerprint density at radius 1 is 1.30 bits per heavy atom. The van der Waals surface area contributed by atoms with Gasteiger partial charge in [-0.25, -0.2) is 0 Å². The van der Waals surface area contributed by atoms with Crippen LogP contribution >= 0.6 is 0 Å². The summed E-state index contributed by atoms with van der Waals surface area (Å²) >= 11 is 0. The molecule has 0 radical (unpaired) electrons. The smallest absolute Gasteiger partial charge is 0.221 e. The van der Waals surface area contributed by atoms with E-state index >= 15 is 0 Å². The third kappa shape index (κ3) is 4.94. The molecule has 124 valence electrons. The molecule has 3 N–H and O–H groups in total. The summed E-state index contributed by atoms with van der Waals surface area (Å²) in [4.78, 5) is 15.7. The van der Waals surface area contributed by atoms with E-state index in [1.807, 2.05) is 42.6 Å². The van der Waals surface area contributed by atoms with Gasteiger partial charge in [-0.2, -0.15) is 0 Å². The van der Waals surface area contributed by atoms with Gasteiger partial charge in [-0.15, -0.1) is 10.2 Å². The molecule has 8 heteroatoms. The summed E-state index contributed by atoms with van der Waals surface area (Å²) in [6.45, 7) is 4.88. The van der Waals surface area contributed by atoms with Crippen LogP contribution < -0.4 is 16.0 Å². The van der Waals surface area contributed by atoms with Gasteiger partial charge in [0.15, 0.2) is 17.4 Å². The van der Waals surface area contributed by atoms with Crippen LogP contribution in [0.2, 0.25) is 0 Å². The Kier molecular flexibility index (Phi) is 5.90. The molecule has 0 bridgehead atoms. The van der Waals surface area contributed by atoms with Gasteiger partial charge < -0.3 is 16.0 Å². The van der Waals surface area contributed by atoms with Crippen molar-refractivity contribution in [2.45, 2.75) is 32.9 Å². The molecule has 0 aliphatic carbocycles. The molecule has 2 heterocycles. The fourth-order valence-corrected chi connectivity index (χ4v) is 2.08. The van der Waals surface area contributed by atoms with Gasteiger partial charge in [0, 0.05) is 32.3 Å². The minimum Gasteiger partial charge on any atom is -0.356 e. The van der Waals surface area contributed by atoms with E-state index in [4.69, 9.17) is 0 Å². The van der Waals surface area contributed by atoms with Crippen molar-refractivity contribution in [2.75, 3.05) is 13.6 Å². The van der Waals surface area contributed by atoms with E-state index in [1.54, 1.807) is 7.05 Å². The number of hydrogen-bond acceptors (Lipinski definition) is 4. The number of rotatable bonds is 6. The zero-order valence-corrected chi connectivity index (χ0v) is 13.7. The Morgan fingerprint density at radius 2 is 2.13 bits per heavy atom. The molecule has 2 aromatic rings. The monoisotopic (exact) mass is 317 g/mol. The molecule has 1 amide bonds. The van der Waals surface area contributed by atoms with Crippen molar-refractivity contribution in [1.29, 1.82) is 0 Å². The first kappa shape index (κ1) is 16.7. The van der Waals surface area contributed by atoms with Crippen LogP contribution in [0.25, 0.3) is 5.65 Å². The predicted molar refractivity (Wildman–Crippen MR) is 89.1 cm³/mol. The van der Waals surface area contributed by atoms with Gasteiger partial charge in [0.05, 0.1) is 6.54 Å². The highest BCUT2D eigenvalue weighted by Crippen LogP contribution is 2.02. The molecule has 2 rings (SSSR count). The third-order valence-electron chi connectivity index (χ3n) is 3.12. The minimum atomic E-state index is 0.0198. The van der Waals surface area contributed by atoms with Crippen molar-refractivity contribution in [1.82, 2.24) is 30.5 Å². The number of aromatic nitrogens is 3. The Labute approximate surface area is 135 Å². The number of amides is 1. The highest BCUT2D eigenvalue weighted by Gasteiger charge is 2.07. The average Bonchev–Trinajstić information content (AvgIpc) is 2.93. The Bertz CT molecular complexity index is 677. The maximum Gasteiger partial charge on any atom is 0.221 e. The predicted octanol–water partition coefficient (Wildman–Crippen LogP) is 0.309. The van der Waals surface area contributed by atoms with Gasteiger partial charge in [0.2, 0.25) is 5.91 Å². The molecule has 8 nitrogen and oxygen atoms in total. The van der Waals surface area contributed by atoms with E-state index in [9.17, 15) is 4.79 Å². The van der Waals surface area contributed by atoms with Crippen LogP contribution in [0.4, 0.5) is 0 Å². The van der Waals surface area contributed by atoms with Crippen LogP contribution in [-0.4, -0.2) is 46.1 Å². The molecule has 0 saturated heterocycles. The Hall–Kier alpha value is -2.64. The van der Waals surface area contributed by atoms with Crippen molar-refractivity contribution in [3.05, 3.63) is 30.2 Å². The topological polar surface area (TPSA) is 95.7 Å². The zero-order chi connectivity index (χ0) is 16.7. The van der Waals surface area contributed by atoms with Crippen LogP contribution in [0.1, 0.15) is 26.1 Å². The quantitative estimate of drug-likeness (QED) is 0.526. The van der Waals surface area contributed by atoms with E-state index in [0.29, 0.717) is 25.5 Å². The maximum absolute atomic E-state index is 11.6. The van der Waals surface area contributed by atoms with Crippen molar-refractivity contribution < 1.29 is 4.79 Å². The van der Waals surface area contributed by atoms with Crippen LogP contribution in [-0.2, 0) is 11.3 Å². The molecule has 0 aromatic carbocycles. The van der Waals surface area contributed by atoms with Gasteiger partial charge in [-0.3, -0.25) is 14.2 Å². The average molecular weight is 317 g/mol. The fraction of sp³-hybridized carbons (Fsp3) is 0.467. The lowest BCUT2D eigenvalue weighted by atomic mass is 10.3. The van der Waals surface area contributed by atoms with Gasteiger partial charge in [-0.05, 0) is 26.0 Å². The highest BCUT2D eigenvalue weighted by atomic mass is 16.1. The number of hydrogen-bond donors (Lipinski definition) is 3. The third-order valence-corrected chi connectivity index (χ3v) is 3.12. The molecule has 0 unspecified atom stereocenters. The van der Waals surface area contributed by atoms with Gasteiger partial charge in [0.25, 0.3) is 0 Å². The standard InChI is InChI=1S/C15H23N7O/c1-11(2)19-14(23)7-8-17-15(16-3)18-10-13-21-20-12-6-4-5-9-22(12)13/h4-6,9,11H,7-8,10H2,1-3H3,(H,19,23)(H2,16,17,18). The molecule has 0 saturated carbocycles. The van der Waals surface area contributed by atoms with Gasteiger partial charge in [-0.1, -0.05) is 6.07 Å². The van der Waals surface area contributed by atoms with E-state index < -0.39 is 0 Å². The van der Waals surface area contributed by atoms with E-state index in [1.165, 1.54) is 0 Å². The van der Waals surface area contributed by atoms with E-state index in [-0.39, 0.29) is 11.9 Å². The van der Waals surface area contributed by atoms with Gasteiger partial charge >= 0.3 is 0 Å². The van der Waals surface area contributed by atoms with E-state index in [0.717, 1.165) is 11.5 Å². The van der Waals surface area contributed by atoms with Crippen LogP contribution in [0.5, 0.6) is 0 Å². The number of fused-ring (bicyclic) bond motifs is 1. The first-order valence-corrected chi connectivity index (χ1v) is 7.62. The second-order valence-corrected chi connectivity index (χ2v) is 5.37.